The lowest BCUT2D eigenvalue weighted by molar-refractivity contribution is -0.111. The summed E-state index contributed by atoms with van der Waals surface area (Å²) in [6, 6.07) is 15.9. The van der Waals surface area contributed by atoms with Gasteiger partial charge in [0.2, 0.25) is 11.9 Å². The minimum atomic E-state index is -0.309. The van der Waals surface area contributed by atoms with Crippen molar-refractivity contribution in [3.05, 3.63) is 78.5 Å². The Labute approximate surface area is 209 Å². The Morgan fingerprint density at radius 2 is 1.72 bits per heavy atom. The lowest BCUT2D eigenvalue weighted by Crippen LogP contribution is -2.50. The number of rotatable bonds is 6. The highest BCUT2D eigenvalue weighted by Gasteiger charge is 2.23. The molecule has 1 aromatic heterocycles. The first kappa shape index (κ1) is 24.2. The van der Waals surface area contributed by atoms with Crippen LogP contribution in [0.2, 0.25) is 0 Å². The van der Waals surface area contributed by atoms with E-state index in [9.17, 15) is 9.59 Å². The summed E-state index contributed by atoms with van der Waals surface area (Å²) < 4.78 is 0. The van der Waals surface area contributed by atoms with E-state index in [0.717, 1.165) is 11.4 Å². The number of benzene rings is 2. The Hall–Kier alpha value is -4.91. The average molecular weight is 483 g/mol. The third-order valence-electron chi connectivity index (χ3n) is 5.69. The molecule has 1 aliphatic heterocycles. The predicted octanol–water partition coefficient (Wildman–Crippen LogP) is 3.88. The van der Waals surface area contributed by atoms with E-state index in [-0.39, 0.29) is 11.9 Å². The van der Waals surface area contributed by atoms with E-state index in [2.05, 4.69) is 38.5 Å². The van der Waals surface area contributed by atoms with Crippen LogP contribution in [0, 0.1) is 18.3 Å². The minimum absolute atomic E-state index is 0.181. The van der Waals surface area contributed by atoms with Gasteiger partial charge in [0.05, 0.1) is 23.0 Å². The van der Waals surface area contributed by atoms with Crippen LogP contribution >= 0.6 is 0 Å². The minimum Gasteiger partial charge on any atom is -0.353 e. The number of aryl methyl sites for hydroxylation is 1. The zero-order chi connectivity index (χ0) is 25.5. The van der Waals surface area contributed by atoms with Gasteiger partial charge in [0.25, 0.3) is 0 Å². The van der Waals surface area contributed by atoms with Crippen molar-refractivity contribution in [3.8, 4) is 6.07 Å². The molecule has 182 valence electrons. The number of carbonyl (C=O) groups excluding carboxylic acids is 2. The van der Waals surface area contributed by atoms with Gasteiger partial charge in [-0.2, -0.15) is 10.2 Å². The Bertz CT molecular complexity index is 1310. The molecule has 3 amide bonds. The summed E-state index contributed by atoms with van der Waals surface area (Å²) in [5.74, 6) is 0.875. The molecule has 3 N–H and O–H groups in total. The predicted molar refractivity (Wildman–Crippen MR) is 139 cm³/mol. The number of amides is 3. The summed E-state index contributed by atoms with van der Waals surface area (Å²) in [5, 5.41) is 17.7. The molecular weight excluding hydrogens is 456 g/mol. The number of hydrogen-bond donors (Lipinski definition) is 3. The van der Waals surface area contributed by atoms with Crippen molar-refractivity contribution in [1.29, 1.82) is 5.26 Å². The third kappa shape index (κ3) is 5.77. The van der Waals surface area contributed by atoms with E-state index >= 15 is 0 Å². The van der Waals surface area contributed by atoms with E-state index in [4.69, 9.17) is 10.2 Å². The Kier molecular flexibility index (Phi) is 7.41. The Morgan fingerprint density at radius 1 is 1.03 bits per heavy atom. The van der Waals surface area contributed by atoms with Crippen LogP contribution in [0.5, 0.6) is 0 Å². The van der Waals surface area contributed by atoms with Crippen LogP contribution < -0.4 is 20.9 Å². The molecule has 3 aromatic rings. The van der Waals surface area contributed by atoms with E-state index in [0.29, 0.717) is 54.8 Å². The summed E-state index contributed by atoms with van der Waals surface area (Å²) in [5.41, 5.74) is 3.36. The van der Waals surface area contributed by atoms with Crippen LogP contribution in [0.1, 0.15) is 11.1 Å². The fraction of sp³-hybridized carbons (Fsp3) is 0.192. The van der Waals surface area contributed by atoms with Crippen molar-refractivity contribution >= 4 is 40.8 Å². The number of nitrogens with one attached hydrogen (secondary N) is 3. The summed E-state index contributed by atoms with van der Waals surface area (Å²) in [7, 11) is 0. The van der Waals surface area contributed by atoms with Crippen molar-refractivity contribution < 1.29 is 9.59 Å². The molecule has 0 aliphatic carbocycles. The Balaban J connectivity index is 1.40. The Morgan fingerprint density at radius 3 is 2.39 bits per heavy atom. The van der Waals surface area contributed by atoms with Gasteiger partial charge in [0, 0.05) is 43.6 Å². The van der Waals surface area contributed by atoms with Gasteiger partial charge in [-0.1, -0.05) is 18.7 Å². The summed E-state index contributed by atoms with van der Waals surface area (Å²) in [6.07, 6.45) is 2.96. The molecule has 1 fully saturated rings. The number of urea groups is 1. The molecule has 10 heteroatoms. The van der Waals surface area contributed by atoms with Crippen LogP contribution in [0.15, 0.2) is 67.4 Å². The maximum absolute atomic E-state index is 12.7. The van der Waals surface area contributed by atoms with Crippen molar-refractivity contribution in [2.24, 2.45) is 0 Å². The second-order valence-electron chi connectivity index (χ2n) is 8.16. The average Bonchev–Trinajstić information content (AvgIpc) is 2.91. The van der Waals surface area contributed by atoms with Gasteiger partial charge < -0.3 is 25.8 Å². The first-order valence-electron chi connectivity index (χ1n) is 11.4. The number of hydrogen-bond acceptors (Lipinski definition) is 7. The molecule has 0 spiro atoms. The molecule has 4 rings (SSSR count). The zero-order valence-corrected chi connectivity index (χ0v) is 19.9. The molecule has 1 saturated heterocycles. The van der Waals surface area contributed by atoms with Crippen molar-refractivity contribution in [3.63, 3.8) is 0 Å². The molecule has 0 bridgehead atoms. The monoisotopic (exact) mass is 482 g/mol. The molecule has 0 unspecified atom stereocenters. The van der Waals surface area contributed by atoms with Gasteiger partial charge >= 0.3 is 6.03 Å². The quantitative estimate of drug-likeness (QED) is 0.455. The van der Waals surface area contributed by atoms with E-state index < -0.39 is 0 Å². The molecule has 0 atom stereocenters. The molecule has 2 aromatic carbocycles. The molecule has 2 heterocycles. The fourth-order valence-electron chi connectivity index (χ4n) is 3.77. The van der Waals surface area contributed by atoms with Gasteiger partial charge in [-0.05, 0) is 49.4 Å². The number of aromatic nitrogens is 2. The van der Waals surface area contributed by atoms with Gasteiger partial charge in [0.15, 0.2) is 0 Å². The first-order chi connectivity index (χ1) is 17.5. The SMILES string of the molecule is C=CC(=O)Nc1ccccc1Nc1ncc(C)c(N2CCN(C(=O)Nc3ccc(C#N)cc3)CC2)n1. The maximum Gasteiger partial charge on any atom is 0.321 e. The van der Waals surface area contributed by atoms with Crippen LogP contribution in [0.4, 0.5) is 33.6 Å². The highest BCUT2D eigenvalue weighted by Crippen LogP contribution is 2.26. The van der Waals surface area contributed by atoms with Crippen LogP contribution in [-0.2, 0) is 4.79 Å². The summed E-state index contributed by atoms with van der Waals surface area (Å²) in [4.78, 5) is 37.4. The molecular formula is C26H26N8O2. The number of carbonyl (C=O) groups is 2. The number of para-hydroxylation sites is 2. The third-order valence-corrected chi connectivity index (χ3v) is 5.69. The van der Waals surface area contributed by atoms with Crippen LogP contribution in [-0.4, -0.2) is 53.0 Å². The van der Waals surface area contributed by atoms with Crippen molar-refractivity contribution in [1.82, 2.24) is 14.9 Å². The normalized spacial score (nSPS) is 12.9. The fourth-order valence-corrected chi connectivity index (χ4v) is 3.77. The van der Waals surface area contributed by atoms with Crippen LogP contribution in [0.25, 0.3) is 0 Å². The lowest BCUT2D eigenvalue weighted by atomic mass is 10.2. The second-order valence-corrected chi connectivity index (χ2v) is 8.16. The smallest absolute Gasteiger partial charge is 0.321 e. The molecule has 0 saturated carbocycles. The zero-order valence-electron chi connectivity index (χ0n) is 19.9. The number of nitriles is 1. The molecule has 0 radical (unpaired) electrons. The van der Waals surface area contributed by atoms with Gasteiger partial charge in [-0.25, -0.2) is 9.78 Å². The van der Waals surface area contributed by atoms with E-state index in [1.165, 1.54) is 6.08 Å². The molecule has 1 aliphatic rings. The summed E-state index contributed by atoms with van der Waals surface area (Å²) in [6.45, 7) is 7.73. The molecule has 10 nitrogen and oxygen atoms in total. The van der Waals surface area contributed by atoms with E-state index in [1.807, 2.05) is 25.1 Å². The number of nitrogens with zero attached hydrogens (tertiary/aromatic N) is 5. The van der Waals surface area contributed by atoms with Crippen molar-refractivity contribution in [2.45, 2.75) is 6.92 Å². The standard InChI is InChI=1S/C26H26N8O2/c1-3-23(35)30-21-6-4-5-7-22(21)31-25-28-17-18(2)24(32-25)33-12-14-34(15-13-33)26(36)29-20-10-8-19(16-27)9-11-20/h3-11,17H,1,12-15H2,2H3,(H,29,36)(H,30,35)(H,28,31,32). The summed E-state index contributed by atoms with van der Waals surface area (Å²) >= 11 is 0. The van der Waals surface area contributed by atoms with Gasteiger partial charge in [-0.15, -0.1) is 0 Å². The van der Waals surface area contributed by atoms with Crippen molar-refractivity contribution in [2.75, 3.05) is 47.0 Å². The second kappa shape index (κ2) is 11.0. The highest BCUT2D eigenvalue weighted by molar-refractivity contribution is 6.01. The highest BCUT2D eigenvalue weighted by atomic mass is 16.2. The first-order valence-corrected chi connectivity index (χ1v) is 11.4. The number of piperazine rings is 1. The van der Waals surface area contributed by atoms with Crippen LogP contribution in [0.3, 0.4) is 0 Å². The largest absolute Gasteiger partial charge is 0.353 e. The maximum atomic E-state index is 12.7. The lowest BCUT2D eigenvalue weighted by Gasteiger charge is -2.36. The topological polar surface area (TPSA) is 126 Å². The number of anilines is 5. The van der Waals surface area contributed by atoms with Gasteiger partial charge in [0.1, 0.15) is 5.82 Å². The molecule has 36 heavy (non-hydrogen) atoms. The van der Waals surface area contributed by atoms with E-state index in [1.54, 1.807) is 41.4 Å². The van der Waals surface area contributed by atoms with Gasteiger partial charge in [-0.3, -0.25) is 4.79 Å².